The molecule has 0 unspecified atom stereocenters. The van der Waals surface area contributed by atoms with Crippen LogP contribution in [0.25, 0.3) is 10.9 Å². The van der Waals surface area contributed by atoms with E-state index in [0.717, 1.165) is 34.5 Å². The van der Waals surface area contributed by atoms with Gasteiger partial charge < -0.3 is 10.3 Å². The summed E-state index contributed by atoms with van der Waals surface area (Å²) in [6.07, 6.45) is 4.94. The zero-order valence-electron chi connectivity index (χ0n) is 16.6. The minimum atomic E-state index is 0.0521. The van der Waals surface area contributed by atoms with Gasteiger partial charge in [-0.25, -0.2) is 0 Å². The topological polar surface area (TPSA) is 48.1 Å². The maximum atomic E-state index is 12.4. The molecule has 28 heavy (non-hydrogen) atoms. The molecule has 1 fully saturated rings. The van der Waals surface area contributed by atoms with Crippen molar-refractivity contribution in [1.29, 1.82) is 0 Å². The first kappa shape index (κ1) is 18.8. The number of hydrogen-bond donors (Lipinski definition) is 2. The van der Waals surface area contributed by atoms with Crippen molar-refractivity contribution in [2.75, 3.05) is 13.1 Å². The summed E-state index contributed by atoms with van der Waals surface area (Å²) in [5, 5.41) is 4.16. The molecule has 4 nitrogen and oxygen atoms in total. The van der Waals surface area contributed by atoms with Crippen LogP contribution < -0.4 is 5.32 Å². The van der Waals surface area contributed by atoms with E-state index in [1.165, 1.54) is 31.5 Å². The number of hydrogen-bond acceptors (Lipinski definition) is 2. The van der Waals surface area contributed by atoms with Crippen LogP contribution in [0.15, 0.2) is 54.7 Å². The fourth-order valence-corrected chi connectivity index (χ4v) is 3.95. The molecule has 0 saturated carbocycles. The highest BCUT2D eigenvalue weighted by atomic mass is 16.1. The van der Waals surface area contributed by atoms with Gasteiger partial charge in [0.05, 0.1) is 6.42 Å². The van der Waals surface area contributed by atoms with Gasteiger partial charge in [0, 0.05) is 30.2 Å². The summed E-state index contributed by atoms with van der Waals surface area (Å²) in [4.78, 5) is 18.1. The van der Waals surface area contributed by atoms with E-state index in [2.05, 4.69) is 52.5 Å². The molecule has 0 radical (unpaired) electrons. The largest absolute Gasteiger partial charge is 0.361 e. The molecule has 2 aromatic carbocycles. The van der Waals surface area contributed by atoms with E-state index in [9.17, 15) is 4.79 Å². The highest BCUT2D eigenvalue weighted by Gasteiger charge is 2.15. The second-order valence-electron chi connectivity index (χ2n) is 8.09. The number of carbonyl (C=O) groups is 1. The molecule has 1 aromatic heterocycles. The molecule has 1 amide bonds. The Labute approximate surface area is 166 Å². The molecule has 3 aromatic rings. The number of benzene rings is 2. The molecule has 2 N–H and O–H groups in total. The molecule has 4 rings (SSSR count). The van der Waals surface area contributed by atoms with E-state index < -0.39 is 0 Å². The van der Waals surface area contributed by atoms with E-state index in [1.54, 1.807) is 0 Å². The zero-order chi connectivity index (χ0) is 19.3. The van der Waals surface area contributed by atoms with Crippen molar-refractivity contribution in [3.63, 3.8) is 0 Å². The van der Waals surface area contributed by atoms with Crippen LogP contribution in [0.5, 0.6) is 0 Å². The lowest BCUT2D eigenvalue weighted by atomic mass is 9.99. The summed E-state index contributed by atoms with van der Waals surface area (Å²) in [6.45, 7) is 6.35. The molecule has 0 aliphatic carbocycles. The van der Waals surface area contributed by atoms with E-state index in [1.807, 2.05) is 24.4 Å². The average molecular weight is 376 g/mol. The average Bonchev–Trinajstić information content (AvgIpc) is 3.12. The zero-order valence-corrected chi connectivity index (χ0v) is 16.6. The lowest BCUT2D eigenvalue weighted by molar-refractivity contribution is -0.120. The highest BCUT2D eigenvalue weighted by molar-refractivity contribution is 5.88. The predicted molar refractivity (Wildman–Crippen MR) is 114 cm³/mol. The Kier molecular flexibility index (Phi) is 5.77. The number of nitrogens with one attached hydrogen (secondary N) is 2. The van der Waals surface area contributed by atoms with Crippen molar-refractivity contribution < 1.29 is 4.79 Å². The van der Waals surface area contributed by atoms with E-state index in [4.69, 9.17) is 0 Å². The molecule has 4 heteroatoms. The number of aromatic nitrogens is 1. The van der Waals surface area contributed by atoms with Gasteiger partial charge in [0.2, 0.25) is 5.91 Å². The number of fused-ring (bicyclic) bond motifs is 1. The van der Waals surface area contributed by atoms with Crippen LogP contribution in [0.4, 0.5) is 0 Å². The van der Waals surface area contributed by atoms with Gasteiger partial charge in [-0.05, 0) is 54.6 Å². The quantitative estimate of drug-likeness (QED) is 0.676. The van der Waals surface area contributed by atoms with Gasteiger partial charge >= 0.3 is 0 Å². The maximum absolute atomic E-state index is 12.4. The van der Waals surface area contributed by atoms with E-state index >= 15 is 0 Å². The molecule has 0 bridgehead atoms. The molecule has 0 atom stereocenters. The van der Waals surface area contributed by atoms with Gasteiger partial charge in [-0.1, -0.05) is 49.4 Å². The third kappa shape index (κ3) is 4.63. The number of nitrogens with zero attached hydrogens (tertiary/aromatic N) is 1. The number of piperidine rings is 1. The van der Waals surface area contributed by atoms with E-state index in [0.29, 0.717) is 13.0 Å². The Balaban J connectivity index is 1.27. The SMILES string of the molecule is CC1CCN(Cc2ccc(CNC(=O)Cc3c[nH]c4ccccc34)cc2)CC1. The number of likely N-dealkylation sites (tertiary alicyclic amines) is 1. The van der Waals surface area contributed by atoms with Gasteiger partial charge in [-0.2, -0.15) is 0 Å². The summed E-state index contributed by atoms with van der Waals surface area (Å²) < 4.78 is 0. The number of amides is 1. The van der Waals surface area contributed by atoms with Crippen LogP contribution in [0, 0.1) is 5.92 Å². The minimum Gasteiger partial charge on any atom is -0.361 e. The number of para-hydroxylation sites is 1. The van der Waals surface area contributed by atoms with Crippen molar-refractivity contribution in [1.82, 2.24) is 15.2 Å². The van der Waals surface area contributed by atoms with Crippen LogP contribution in [0.2, 0.25) is 0 Å². The Hall–Kier alpha value is -2.59. The third-order valence-corrected chi connectivity index (χ3v) is 5.82. The van der Waals surface area contributed by atoms with Crippen LogP contribution >= 0.6 is 0 Å². The van der Waals surface area contributed by atoms with Gasteiger partial charge in [0.15, 0.2) is 0 Å². The first-order chi connectivity index (χ1) is 13.7. The van der Waals surface area contributed by atoms with E-state index in [-0.39, 0.29) is 5.91 Å². The van der Waals surface area contributed by atoms with Gasteiger partial charge in [0.1, 0.15) is 0 Å². The maximum Gasteiger partial charge on any atom is 0.224 e. The van der Waals surface area contributed by atoms with Crippen molar-refractivity contribution in [3.8, 4) is 0 Å². The number of aromatic amines is 1. The van der Waals surface area contributed by atoms with Crippen LogP contribution in [-0.2, 0) is 24.3 Å². The summed E-state index contributed by atoms with van der Waals surface area (Å²) in [5.41, 5.74) is 4.61. The molecule has 146 valence electrons. The Morgan fingerprint density at radius 2 is 1.79 bits per heavy atom. The number of rotatable bonds is 6. The van der Waals surface area contributed by atoms with Crippen molar-refractivity contribution >= 4 is 16.8 Å². The fourth-order valence-electron chi connectivity index (χ4n) is 3.95. The van der Waals surface area contributed by atoms with Gasteiger partial charge in [-0.3, -0.25) is 9.69 Å². The summed E-state index contributed by atoms with van der Waals surface area (Å²) in [5.74, 6) is 0.919. The monoisotopic (exact) mass is 375 g/mol. The molecule has 1 aliphatic heterocycles. The van der Waals surface area contributed by atoms with Gasteiger partial charge in [0.25, 0.3) is 0 Å². The van der Waals surface area contributed by atoms with Crippen molar-refractivity contribution in [3.05, 3.63) is 71.4 Å². The first-order valence-corrected chi connectivity index (χ1v) is 10.3. The normalized spacial score (nSPS) is 15.8. The van der Waals surface area contributed by atoms with Gasteiger partial charge in [-0.15, -0.1) is 0 Å². The lowest BCUT2D eigenvalue weighted by Gasteiger charge is -2.30. The van der Waals surface area contributed by atoms with Crippen LogP contribution in [-0.4, -0.2) is 28.9 Å². The standard InChI is InChI=1S/C24H29N3O/c1-18-10-12-27(13-11-18)17-20-8-6-19(7-9-20)15-26-24(28)14-21-16-25-23-5-3-2-4-22(21)23/h2-9,16,18,25H,10-15,17H2,1H3,(H,26,28). The Bertz CT molecular complexity index is 920. The highest BCUT2D eigenvalue weighted by Crippen LogP contribution is 2.19. The number of H-pyrrole nitrogens is 1. The van der Waals surface area contributed by atoms with Crippen molar-refractivity contribution in [2.24, 2.45) is 5.92 Å². The summed E-state index contributed by atoms with van der Waals surface area (Å²) in [7, 11) is 0. The van der Waals surface area contributed by atoms with Crippen LogP contribution in [0.3, 0.4) is 0 Å². The lowest BCUT2D eigenvalue weighted by Crippen LogP contribution is -2.32. The van der Waals surface area contributed by atoms with Crippen LogP contribution in [0.1, 0.15) is 36.5 Å². The molecular formula is C24H29N3O. The molecule has 1 saturated heterocycles. The molecule has 2 heterocycles. The predicted octanol–water partition coefficient (Wildman–Crippen LogP) is 4.26. The minimum absolute atomic E-state index is 0.0521. The summed E-state index contributed by atoms with van der Waals surface area (Å²) in [6, 6.07) is 16.7. The smallest absolute Gasteiger partial charge is 0.224 e. The summed E-state index contributed by atoms with van der Waals surface area (Å²) >= 11 is 0. The first-order valence-electron chi connectivity index (χ1n) is 10.3. The number of carbonyl (C=O) groups excluding carboxylic acids is 1. The fraction of sp³-hybridized carbons (Fsp3) is 0.375. The Morgan fingerprint density at radius 1 is 1.07 bits per heavy atom. The second-order valence-corrected chi connectivity index (χ2v) is 8.09. The molecule has 1 aliphatic rings. The molecule has 0 spiro atoms. The third-order valence-electron chi connectivity index (χ3n) is 5.82. The Morgan fingerprint density at radius 3 is 2.57 bits per heavy atom. The van der Waals surface area contributed by atoms with Crippen molar-refractivity contribution in [2.45, 2.75) is 39.3 Å². The second kappa shape index (κ2) is 8.61. The molecular weight excluding hydrogens is 346 g/mol.